The molecule has 0 saturated carbocycles. The average molecular weight is 203 g/mol. The molecule has 1 heterocycles. The number of piperidine rings is 1. The first-order chi connectivity index (χ1) is 6.14. The molecule has 0 aromatic carbocycles. The molecule has 13 heavy (non-hydrogen) atoms. The van der Waals surface area contributed by atoms with Gasteiger partial charge in [0.15, 0.2) is 0 Å². The molecule has 1 rings (SSSR count). The summed E-state index contributed by atoms with van der Waals surface area (Å²) in [6.45, 7) is 5.23. The van der Waals surface area contributed by atoms with E-state index in [1.807, 2.05) is 6.92 Å². The molecule has 0 bridgehead atoms. The molecule has 0 unspecified atom stereocenters. The van der Waals surface area contributed by atoms with Gasteiger partial charge in [-0.25, -0.2) is 0 Å². The zero-order chi connectivity index (χ0) is 9.73. The van der Waals surface area contributed by atoms with Gasteiger partial charge in [-0.2, -0.15) is 12.6 Å². The first-order valence-electron chi connectivity index (χ1n) is 5.20. The normalized spacial score (nSPS) is 23.3. The van der Waals surface area contributed by atoms with Gasteiger partial charge in [-0.3, -0.25) is 0 Å². The van der Waals surface area contributed by atoms with Crippen molar-refractivity contribution < 1.29 is 5.11 Å². The van der Waals surface area contributed by atoms with E-state index in [0.29, 0.717) is 0 Å². The highest BCUT2D eigenvalue weighted by molar-refractivity contribution is 7.80. The molecule has 1 N–H and O–H groups in total. The molecule has 0 radical (unpaired) electrons. The zero-order valence-electron chi connectivity index (χ0n) is 8.50. The van der Waals surface area contributed by atoms with Crippen molar-refractivity contribution in [2.24, 2.45) is 0 Å². The van der Waals surface area contributed by atoms with Crippen molar-refractivity contribution in [3.8, 4) is 0 Å². The van der Waals surface area contributed by atoms with E-state index in [1.54, 1.807) is 0 Å². The maximum atomic E-state index is 9.72. The number of hydrogen-bond donors (Lipinski definition) is 2. The summed E-state index contributed by atoms with van der Waals surface area (Å²) in [6, 6.07) is 0. The number of hydrogen-bond acceptors (Lipinski definition) is 3. The second kappa shape index (κ2) is 5.23. The molecule has 0 aromatic heterocycles. The number of thiol groups is 1. The summed E-state index contributed by atoms with van der Waals surface area (Å²) in [6.07, 6.45) is 4.30. The van der Waals surface area contributed by atoms with Crippen LogP contribution in [-0.2, 0) is 0 Å². The van der Waals surface area contributed by atoms with Crippen molar-refractivity contribution >= 4 is 12.6 Å². The van der Waals surface area contributed by atoms with E-state index in [1.165, 1.54) is 19.4 Å². The third-order valence-electron chi connectivity index (χ3n) is 2.82. The lowest BCUT2D eigenvalue weighted by Crippen LogP contribution is -2.42. The summed E-state index contributed by atoms with van der Waals surface area (Å²) in [5.74, 6) is 0.992. The predicted octanol–water partition coefficient (Wildman–Crippen LogP) is 1.54. The third-order valence-corrected chi connectivity index (χ3v) is 3.13. The summed E-state index contributed by atoms with van der Waals surface area (Å²) in [4.78, 5) is 2.45. The fraction of sp³-hybridized carbons (Fsp3) is 1.00. The molecule has 78 valence electrons. The van der Waals surface area contributed by atoms with Crippen molar-refractivity contribution in [1.82, 2.24) is 4.90 Å². The second-order valence-corrected chi connectivity index (χ2v) is 4.72. The highest BCUT2D eigenvalue weighted by Gasteiger charge is 2.26. The quantitative estimate of drug-likeness (QED) is 0.535. The zero-order valence-corrected chi connectivity index (χ0v) is 9.39. The van der Waals surface area contributed by atoms with Gasteiger partial charge in [0.2, 0.25) is 0 Å². The minimum atomic E-state index is -0.403. The van der Waals surface area contributed by atoms with E-state index in [4.69, 9.17) is 0 Å². The molecule has 0 atom stereocenters. The fourth-order valence-corrected chi connectivity index (χ4v) is 1.93. The topological polar surface area (TPSA) is 23.5 Å². The Bertz CT molecular complexity index is 140. The van der Waals surface area contributed by atoms with Gasteiger partial charge in [-0.05, 0) is 44.9 Å². The van der Waals surface area contributed by atoms with E-state index in [9.17, 15) is 5.11 Å². The van der Waals surface area contributed by atoms with Crippen LogP contribution in [0.2, 0.25) is 0 Å². The summed E-state index contributed by atoms with van der Waals surface area (Å²) in [5.41, 5.74) is -0.403. The maximum absolute atomic E-state index is 9.72. The molecular formula is C10H21NOS. The second-order valence-electron chi connectivity index (χ2n) is 4.27. The van der Waals surface area contributed by atoms with Gasteiger partial charge < -0.3 is 10.0 Å². The van der Waals surface area contributed by atoms with Crippen LogP contribution in [0.25, 0.3) is 0 Å². The molecule has 0 spiro atoms. The number of aliphatic hydroxyl groups is 1. The Morgan fingerprint density at radius 3 is 2.46 bits per heavy atom. The highest BCUT2D eigenvalue weighted by atomic mass is 32.1. The van der Waals surface area contributed by atoms with E-state index < -0.39 is 5.60 Å². The Labute approximate surface area is 86.7 Å². The summed E-state index contributed by atoms with van der Waals surface area (Å²) >= 11 is 4.19. The van der Waals surface area contributed by atoms with E-state index in [-0.39, 0.29) is 0 Å². The van der Waals surface area contributed by atoms with Crippen molar-refractivity contribution in [3.63, 3.8) is 0 Å². The molecule has 0 aromatic rings. The van der Waals surface area contributed by atoms with E-state index in [2.05, 4.69) is 17.5 Å². The molecule has 1 fully saturated rings. The fourth-order valence-electron chi connectivity index (χ4n) is 1.71. The van der Waals surface area contributed by atoms with Gasteiger partial charge in [-0.1, -0.05) is 0 Å². The van der Waals surface area contributed by atoms with Gasteiger partial charge in [0, 0.05) is 13.1 Å². The Kier molecular flexibility index (Phi) is 4.56. The van der Waals surface area contributed by atoms with Crippen molar-refractivity contribution in [2.75, 3.05) is 25.4 Å². The van der Waals surface area contributed by atoms with Gasteiger partial charge in [0.25, 0.3) is 0 Å². The lowest BCUT2D eigenvalue weighted by molar-refractivity contribution is -0.00542. The van der Waals surface area contributed by atoms with Crippen LogP contribution in [0.4, 0.5) is 0 Å². The van der Waals surface area contributed by atoms with Crippen LogP contribution in [-0.4, -0.2) is 41.0 Å². The smallest absolute Gasteiger partial charge is 0.0644 e. The number of nitrogens with zero attached hydrogens (tertiary/aromatic N) is 1. The third kappa shape index (κ3) is 4.34. The standard InChI is InChI=1S/C10H21NOS/c1-10(12)4-7-11(8-5-10)6-2-3-9-13/h12-13H,2-9H2,1H3. The summed E-state index contributed by atoms with van der Waals surface area (Å²) in [5, 5.41) is 9.72. The monoisotopic (exact) mass is 203 g/mol. The van der Waals surface area contributed by atoms with Crippen molar-refractivity contribution in [1.29, 1.82) is 0 Å². The predicted molar refractivity (Wildman–Crippen MR) is 59.4 cm³/mol. The maximum Gasteiger partial charge on any atom is 0.0644 e. The first-order valence-corrected chi connectivity index (χ1v) is 5.83. The van der Waals surface area contributed by atoms with Gasteiger partial charge in [-0.15, -0.1) is 0 Å². The molecule has 2 nitrogen and oxygen atoms in total. The summed E-state index contributed by atoms with van der Waals surface area (Å²) in [7, 11) is 0. The van der Waals surface area contributed by atoms with Crippen LogP contribution in [0.15, 0.2) is 0 Å². The van der Waals surface area contributed by atoms with Crippen LogP contribution < -0.4 is 0 Å². The molecule has 1 aliphatic rings. The molecule has 3 heteroatoms. The number of unbranched alkanes of at least 4 members (excludes halogenated alkanes) is 1. The molecule has 1 aliphatic heterocycles. The molecule has 0 aliphatic carbocycles. The van der Waals surface area contributed by atoms with E-state index in [0.717, 1.165) is 31.7 Å². The van der Waals surface area contributed by atoms with Crippen LogP contribution in [0.5, 0.6) is 0 Å². The largest absolute Gasteiger partial charge is 0.390 e. The molecule has 1 saturated heterocycles. The van der Waals surface area contributed by atoms with Gasteiger partial charge >= 0.3 is 0 Å². The highest BCUT2D eigenvalue weighted by Crippen LogP contribution is 2.21. The lowest BCUT2D eigenvalue weighted by Gasteiger charge is -2.35. The van der Waals surface area contributed by atoms with Crippen molar-refractivity contribution in [2.45, 2.75) is 38.2 Å². The van der Waals surface area contributed by atoms with Crippen LogP contribution in [0, 0.1) is 0 Å². The van der Waals surface area contributed by atoms with Gasteiger partial charge in [0.05, 0.1) is 5.60 Å². The first kappa shape index (κ1) is 11.3. The van der Waals surface area contributed by atoms with E-state index >= 15 is 0 Å². The van der Waals surface area contributed by atoms with Crippen LogP contribution in [0.3, 0.4) is 0 Å². The van der Waals surface area contributed by atoms with Crippen LogP contribution in [0.1, 0.15) is 32.6 Å². The Morgan fingerprint density at radius 2 is 1.92 bits per heavy atom. The van der Waals surface area contributed by atoms with Crippen LogP contribution >= 0.6 is 12.6 Å². The Hall–Kier alpha value is 0.270. The molecular weight excluding hydrogens is 182 g/mol. The van der Waals surface area contributed by atoms with Crippen molar-refractivity contribution in [3.05, 3.63) is 0 Å². The Balaban J connectivity index is 2.11. The lowest BCUT2D eigenvalue weighted by atomic mass is 9.94. The molecule has 0 amide bonds. The minimum Gasteiger partial charge on any atom is -0.390 e. The van der Waals surface area contributed by atoms with Gasteiger partial charge in [0.1, 0.15) is 0 Å². The Morgan fingerprint density at radius 1 is 1.31 bits per heavy atom. The SMILES string of the molecule is CC1(O)CCN(CCCCS)CC1. The number of likely N-dealkylation sites (tertiary alicyclic amines) is 1. The number of rotatable bonds is 4. The summed E-state index contributed by atoms with van der Waals surface area (Å²) < 4.78 is 0. The minimum absolute atomic E-state index is 0.403. The average Bonchev–Trinajstić information content (AvgIpc) is 2.08.